The van der Waals surface area contributed by atoms with Crippen molar-refractivity contribution in [2.45, 2.75) is 11.7 Å². The number of aliphatic carboxylic acids is 1. The number of ether oxygens (including phenoxy) is 1. The monoisotopic (exact) mass is 222 g/mol. The molecule has 1 aliphatic carbocycles. The summed E-state index contributed by atoms with van der Waals surface area (Å²) in [4.78, 5) is 21.9. The van der Waals surface area contributed by atoms with Gasteiger partial charge in [-0.3, -0.25) is 9.59 Å². The van der Waals surface area contributed by atoms with Gasteiger partial charge < -0.3 is 9.84 Å². The van der Waals surface area contributed by atoms with Gasteiger partial charge in [-0.15, -0.1) is 0 Å². The van der Waals surface area contributed by atoms with Crippen molar-refractivity contribution in [3.8, 4) is 0 Å². The molecule has 1 saturated carbocycles. The van der Waals surface area contributed by atoms with Crippen LogP contribution in [-0.2, 0) is 24.2 Å². The van der Waals surface area contributed by atoms with Crippen molar-refractivity contribution in [2.24, 2.45) is 5.41 Å². The van der Waals surface area contributed by atoms with Crippen LogP contribution in [0.25, 0.3) is 0 Å². The molecule has 7 heteroatoms. The van der Waals surface area contributed by atoms with Crippen LogP contribution in [0.15, 0.2) is 0 Å². The first kappa shape index (κ1) is 11.0. The Morgan fingerprint density at radius 1 is 1.50 bits per heavy atom. The average Bonchev–Trinajstić information content (AvgIpc) is 2.77. The number of esters is 1. The second kappa shape index (κ2) is 2.94. The number of carbonyl (C=O) groups is 2. The molecule has 2 atom stereocenters. The van der Waals surface area contributed by atoms with E-state index < -0.39 is 32.4 Å². The summed E-state index contributed by atoms with van der Waals surface area (Å²) >= 11 is 0. The molecule has 1 fully saturated rings. The van der Waals surface area contributed by atoms with Crippen molar-refractivity contribution >= 4 is 21.8 Å². The fourth-order valence-corrected chi connectivity index (χ4v) is 2.95. The molecule has 0 aliphatic heterocycles. The van der Waals surface area contributed by atoms with Crippen molar-refractivity contribution in [1.29, 1.82) is 0 Å². The lowest BCUT2D eigenvalue weighted by Crippen LogP contribution is -2.32. The summed E-state index contributed by atoms with van der Waals surface area (Å²) in [5.74, 6) is -2.44. The molecule has 0 aromatic heterocycles. The van der Waals surface area contributed by atoms with Crippen LogP contribution >= 0.6 is 0 Å². The van der Waals surface area contributed by atoms with Gasteiger partial charge in [0, 0.05) is 6.26 Å². The molecule has 14 heavy (non-hydrogen) atoms. The molecule has 1 rings (SSSR count). The maximum atomic E-state index is 11.1. The molecule has 0 unspecified atom stereocenters. The number of methoxy groups -OCH3 is 1. The molecule has 6 nitrogen and oxygen atoms in total. The Morgan fingerprint density at radius 2 is 2.00 bits per heavy atom. The van der Waals surface area contributed by atoms with Gasteiger partial charge in [0.05, 0.1) is 12.4 Å². The van der Waals surface area contributed by atoms with Gasteiger partial charge in [0.25, 0.3) is 0 Å². The fourth-order valence-electron chi connectivity index (χ4n) is 1.46. The summed E-state index contributed by atoms with van der Waals surface area (Å²) in [5.41, 5.74) is -1.87. The van der Waals surface area contributed by atoms with Crippen LogP contribution in [0.5, 0.6) is 0 Å². The lowest BCUT2D eigenvalue weighted by atomic mass is 10.1. The Labute approximate surface area is 80.8 Å². The van der Waals surface area contributed by atoms with Gasteiger partial charge in [0.1, 0.15) is 0 Å². The van der Waals surface area contributed by atoms with E-state index in [0.717, 1.165) is 13.4 Å². The summed E-state index contributed by atoms with van der Waals surface area (Å²) in [6, 6.07) is 0. The fraction of sp³-hybridized carbons (Fsp3) is 0.714. The van der Waals surface area contributed by atoms with Crippen LogP contribution in [0.4, 0.5) is 0 Å². The van der Waals surface area contributed by atoms with Crippen molar-refractivity contribution < 1.29 is 27.9 Å². The van der Waals surface area contributed by atoms with Gasteiger partial charge in [-0.2, -0.15) is 0 Å². The molecule has 0 saturated heterocycles. The highest BCUT2D eigenvalue weighted by Gasteiger charge is 2.71. The lowest BCUT2D eigenvalue weighted by molar-refractivity contribution is -0.158. The Balaban J connectivity index is 3.05. The Kier molecular flexibility index (Phi) is 2.31. The minimum absolute atomic E-state index is 0.201. The van der Waals surface area contributed by atoms with Crippen molar-refractivity contribution in [3.63, 3.8) is 0 Å². The molecule has 0 aromatic rings. The summed E-state index contributed by atoms with van der Waals surface area (Å²) < 4.78 is 26.4. The number of hydrogen-bond donors (Lipinski definition) is 1. The average molecular weight is 222 g/mol. The first-order valence-corrected chi connectivity index (χ1v) is 5.73. The molecule has 0 heterocycles. The second-order valence-electron chi connectivity index (χ2n) is 3.29. The topological polar surface area (TPSA) is 97.7 Å². The third-order valence-electron chi connectivity index (χ3n) is 2.34. The van der Waals surface area contributed by atoms with Gasteiger partial charge in [0.15, 0.2) is 15.3 Å². The molecule has 1 N–H and O–H groups in total. The predicted molar refractivity (Wildman–Crippen MR) is 45.3 cm³/mol. The third kappa shape index (κ3) is 1.37. The van der Waals surface area contributed by atoms with E-state index in [0.29, 0.717) is 0 Å². The SMILES string of the molecule is COC(=O)[C@@]1(C(=O)O)C[C@@H]1S(C)(=O)=O. The van der Waals surface area contributed by atoms with Gasteiger partial charge in [0.2, 0.25) is 0 Å². The molecule has 0 bridgehead atoms. The third-order valence-corrected chi connectivity index (χ3v) is 3.95. The van der Waals surface area contributed by atoms with Crippen molar-refractivity contribution in [1.82, 2.24) is 0 Å². The minimum Gasteiger partial charge on any atom is -0.480 e. The zero-order valence-electron chi connectivity index (χ0n) is 7.68. The maximum absolute atomic E-state index is 11.1. The van der Waals surface area contributed by atoms with Crippen LogP contribution in [-0.4, -0.2) is 44.1 Å². The molecule has 0 aromatic carbocycles. The first-order valence-electron chi connectivity index (χ1n) is 3.77. The Hall–Kier alpha value is -1.11. The predicted octanol–water partition coefficient (Wildman–Crippen LogP) is -0.953. The summed E-state index contributed by atoms with van der Waals surface area (Å²) in [6.45, 7) is 0. The van der Waals surface area contributed by atoms with Crippen LogP contribution in [0.2, 0.25) is 0 Å². The summed E-state index contributed by atoms with van der Waals surface area (Å²) in [5, 5.41) is 7.62. The van der Waals surface area contributed by atoms with E-state index in [9.17, 15) is 18.0 Å². The van der Waals surface area contributed by atoms with Crippen LogP contribution < -0.4 is 0 Å². The van der Waals surface area contributed by atoms with Gasteiger partial charge >= 0.3 is 11.9 Å². The standard InChI is InChI=1S/C7H10O6S/c1-13-6(10)7(5(8)9)3-4(7)14(2,11)12/h4H,3H2,1-2H3,(H,8,9)/t4-,7-/m0/s1. The van der Waals surface area contributed by atoms with E-state index in [-0.39, 0.29) is 6.42 Å². The van der Waals surface area contributed by atoms with Gasteiger partial charge in [-0.05, 0) is 6.42 Å². The highest BCUT2D eigenvalue weighted by molar-refractivity contribution is 7.91. The zero-order chi connectivity index (χ0) is 11.1. The van der Waals surface area contributed by atoms with Crippen molar-refractivity contribution in [3.05, 3.63) is 0 Å². The van der Waals surface area contributed by atoms with Crippen LogP contribution in [0, 0.1) is 5.41 Å². The largest absolute Gasteiger partial charge is 0.480 e. The van der Waals surface area contributed by atoms with Crippen LogP contribution in [0.3, 0.4) is 0 Å². The number of carboxylic acids is 1. The summed E-state index contributed by atoms with van der Waals surface area (Å²) in [6.07, 6.45) is 0.707. The Bertz CT molecular complexity index is 383. The first-order chi connectivity index (χ1) is 6.26. The Morgan fingerprint density at radius 3 is 2.21 bits per heavy atom. The van der Waals surface area contributed by atoms with Gasteiger partial charge in [-0.25, -0.2) is 8.42 Å². The van der Waals surface area contributed by atoms with E-state index in [1.807, 2.05) is 0 Å². The lowest BCUT2D eigenvalue weighted by Gasteiger charge is -2.08. The normalized spacial score (nSPS) is 30.9. The van der Waals surface area contributed by atoms with E-state index in [4.69, 9.17) is 5.11 Å². The molecule has 0 radical (unpaired) electrons. The summed E-state index contributed by atoms with van der Waals surface area (Å²) in [7, 11) is -2.49. The molecule has 0 spiro atoms. The maximum Gasteiger partial charge on any atom is 0.324 e. The van der Waals surface area contributed by atoms with Crippen LogP contribution in [0.1, 0.15) is 6.42 Å². The van der Waals surface area contributed by atoms with E-state index in [2.05, 4.69) is 4.74 Å². The number of carbonyl (C=O) groups excluding carboxylic acids is 1. The van der Waals surface area contributed by atoms with Crippen molar-refractivity contribution in [2.75, 3.05) is 13.4 Å². The number of hydrogen-bond acceptors (Lipinski definition) is 5. The molecular formula is C7H10O6S. The second-order valence-corrected chi connectivity index (χ2v) is 5.52. The zero-order valence-corrected chi connectivity index (χ0v) is 8.50. The van der Waals surface area contributed by atoms with E-state index >= 15 is 0 Å². The van der Waals surface area contributed by atoms with E-state index in [1.54, 1.807) is 0 Å². The smallest absolute Gasteiger partial charge is 0.324 e. The molecular weight excluding hydrogens is 212 g/mol. The van der Waals surface area contributed by atoms with Gasteiger partial charge in [-0.1, -0.05) is 0 Å². The molecule has 0 amide bonds. The minimum atomic E-state index is -3.52. The highest BCUT2D eigenvalue weighted by Crippen LogP contribution is 2.51. The van der Waals surface area contributed by atoms with E-state index in [1.165, 1.54) is 0 Å². The number of sulfone groups is 1. The molecule has 80 valence electrons. The number of rotatable bonds is 3. The quantitative estimate of drug-likeness (QED) is 0.488. The highest BCUT2D eigenvalue weighted by atomic mass is 32.2. The molecule has 1 aliphatic rings. The number of carboxylic acid groups (broad SMARTS) is 1.